The number of hydrogen-bond donors (Lipinski definition) is 0. The van der Waals surface area contributed by atoms with Crippen LogP contribution >= 0.6 is 0 Å². The number of ether oxygens (including phenoxy) is 1. The number of methoxy groups -OCH3 is 1. The van der Waals surface area contributed by atoms with Crippen LogP contribution < -0.4 is 9.64 Å². The fourth-order valence-corrected chi connectivity index (χ4v) is 4.17. The lowest BCUT2D eigenvalue weighted by atomic mass is 10.1. The first-order valence-corrected chi connectivity index (χ1v) is 9.99. The first-order chi connectivity index (χ1) is 14.2. The van der Waals surface area contributed by atoms with E-state index in [4.69, 9.17) is 9.15 Å². The molecule has 0 radical (unpaired) electrons. The number of pyridine rings is 1. The van der Waals surface area contributed by atoms with Gasteiger partial charge in [0.1, 0.15) is 5.82 Å². The van der Waals surface area contributed by atoms with Crippen LogP contribution in [0.25, 0.3) is 11.0 Å². The molecule has 2 fully saturated rings. The maximum atomic E-state index is 12.8. The van der Waals surface area contributed by atoms with Crippen LogP contribution in [0.3, 0.4) is 0 Å². The van der Waals surface area contributed by atoms with Gasteiger partial charge in [-0.3, -0.25) is 9.69 Å². The SMILES string of the molecule is COc1cccc2cc(C(=O)N3CC(N4CCN(c5ccccn5)CC4)C3)oc12. The molecule has 29 heavy (non-hydrogen) atoms. The molecule has 0 N–H and O–H groups in total. The molecule has 4 heterocycles. The Morgan fingerprint density at radius 2 is 1.93 bits per heavy atom. The topological polar surface area (TPSA) is 62.1 Å². The van der Waals surface area contributed by atoms with Crippen LogP contribution in [0.4, 0.5) is 5.82 Å². The number of rotatable bonds is 4. The Hall–Kier alpha value is -3.06. The molecule has 150 valence electrons. The maximum Gasteiger partial charge on any atom is 0.289 e. The molecule has 7 nitrogen and oxygen atoms in total. The highest BCUT2D eigenvalue weighted by Gasteiger charge is 2.37. The smallest absolute Gasteiger partial charge is 0.289 e. The highest BCUT2D eigenvalue weighted by atomic mass is 16.5. The van der Waals surface area contributed by atoms with Crippen molar-refractivity contribution in [1.29, 1.82) is 0 Å². The van der Waals surface area contributed by atoms with Gasteiger partial charge in [-0.05, 0) is 24.3 Å². The van der Waals surface area contributed by atoms with E-state index in [0.717, 1.165) is 50.5 Å². The number of furan rings is 1. The zero-order valence-electron chi connectivity index (χ0n) is 16.5. The first kappa shape index (κ1) is 18.0. The summed E-state index contributed by atoms with van der Waals surface area (Å²) in [5.41, 5.74) is 0.626. The molecular formula is C22H24N4O3. The lowest BCUT2D eigenvalue weighted by Crippen LogP contribution is -2.64. The third kappa shape index (κ3) is 3.31. The number of benzene rings is 1. The minimum atomic E-state index is -0.0494. The Labute approximate surface area is 169 Å². The van der Waals surface area contributed by atoms with Gasteiger partial charge >= 0.3 is 0 Å². The predicted molar refractivity (Wildman–Crippen MR) is 110 cm³/mol. The molecule has 7 heteroatoms. The van der Waals surface area contributed by atoms with E-state index in [1.54, 1.807) is 13.2 Å². The van der Waals surface area contributed by atoms with Crippen molar-refractivity contribution >= 4 is 22.7 Å². The number of para-hydroxylation sites is 1. The number of carbonyl (C=O) groups excluding carboxylic acids is 1. The van der Waals surface area contributed by atoms with Gasteiger partial charge in [-0.1, -0.05) is 18.2 Å². The summed E-state index contributed by atoms with van der Waals surface area (Å²) in [6.45, 7) is 5.40. The lowest BCUT2D eigenvalue weighted by Gasteiger charge is -2.48. The molecule has 1 amide bonds. The summed E-state index contributed by atoms with van der Waals surface area (Å²) in [5.74, 6) is 2.02. The van der Waals surface area contributed by atoms with Gasteiger partial charge in [0.15, 0.2) is 17.1 Å². The Balaban J connectivity index is 1.18. The van der Waals surface area contributed by atoms with Crippen LogP contribution in [0.1, 0.15) is 10.6 Å². The molecule has 0 spiro atoms. The highest BCUT2D eigenvalue weighted by molar-refractivity contribution is 5.97. The molecule has 2 aliphatic rings. The number of aromatic nitrogens is 1. The Bertz CT molecular complexity index is 1010. The van der Waals surface area contributed by atoms with Gasteiger partial charge in [0.25, 0.3) is 5.91 Å². The average molecular weight is 392 g/mol. The van der Waals surface area contributed by atoms with E-state index in [2.05, 4.69) is 20.9 Å². The van der Waals surface area contributed by atoms with Gasteiger partial charge in [0.2, 0.25) is 0 Å². The van der Waals surface area contributed by atoms with E-state index in [1.807, 2.05) is 41.4 Å². The number of hydrogen-bond acceptors (Lipinski definition) is 6. The first-order valence-electron chi connectivity index (χ1n) is 9.99. The summed E-state index contributed by atoms with van der Waals surface area (Å²) in [7, 11) is 1.60. The fraction of sp³-hybridized carbons (Fsp3) is 0.364. The summed E-state index contributed by atoms with van der Waals surface area (Å²) in [6.07, 6.45) is 1.84. The molecule has 0 unspecified atom stereocenters. The number of amides is 1. The second kappa shape index (κ2) is 7.40. The third-order valence-corrected chi connectivity index (χ3v) is 5.89. The van der Waals surface area contributed by atoms with Gasteiger partial charge < -0.3 is 19.0 Å². The van der Waals surface area contributed by atoms with Crippen LogP contribution in [0.15, 0.2) is 53.1 Å². The van der Waals surface area contributed by atoms with Crippen molar-refractivity contribution in [3.8, 4) is 5.75 Å². The van der Waals surface area contributed by atoms with Gasteiger partial charge in [0.05, 0.1) is 7.11 Å². The van der Waals surface area contributed by atoms with Crippen molar-refractivity contribution in [3.05, 3.63) is 54.4 Å². The summed E-state index contributed by atoms with van der Waals surface area (Å²) in [6, 6.07) is 13.9. The van der Waals surface area contributed by atoms with Crippen molar-refractivity contribution in [2.24, 2.45) is 0 Å². The second-order valence-corrected chi connectivity index (χ2v) is 7.56. The lowest BCUT2D eigenvalue weighted by molar-refractivity contribution is 0.0224. The Morgan fingerprint density at radius 3 is 2.66 bits per heavy atom. The summed E-state index contributed by atoms with van der Waals surface area (Å²) in [5, 5.41) is 0.885. The summed E-state index contributed by atoms with van der Waals surface area (Å²) >= 11 is 0. The van der Waals surface area contributed by atoms with Crippen molar-refractivity contribution in [2.75, 3.05) is 51.3 Å². The number of piperazine rings is 1. The van der Waals surface area contributed by atoms with Gasteiger partial charge in [-0.15, -0.1) is 0 Å². The third-order valence-electron chi connectivity index (χ3n) is 5.89. The Morgan fingerprint density at radius 1 is 1.10 bits per heavy atom. The zero-order chi connectivity index (χ0) is 19.8. The summed E-state index contributed by atoms with van der Waals surface area (Å²) < 4.78 is 11.1. The van der Waals surface area contributed by atoms with E-state index in [1.165, 1.54) is 0 Å². The van der Waals surface area contributed by atoms with Gasteiger partial charge in [-0.25, -0.2) is 4.98 Å². The number of anilines is 1. The highest BCUT2D eigenvalue weighted by Crippen LogP contribution is 2.30. The normalized spacial score (nSPS) is 18.1. The minimum Gasteiger partial charge on any atom is -0.493 e. The number of nitrogens with zero attached hydrogens (tertiary/aromatic N) is 4. The van der Waals surface area contributed by atoms with Gasteiger partial charge in [-0.2, -0.15) is 0 Å². The Kier molecular flexibility index (Phi) is 4.60. The molecule has 1 aromatic carbocycles. The molecule has 5 rings (SSSR count). The zero-order valence-corrected chi connectivity index (χ0v) is 16.5. The maximum absolute atomic E-state index is 12.8. The fourth-order valence-electron chi connectivity index (χ4n) is 4.17. The molecule has 0 bridgehead atoms. The minimum absolute atomic E-state index is 0.0494. The molecule has 2 aromatic heterocycles. The van der Waals surface area contributed by atoms with Crippen LogP contribution in [0.5, 0.6) is 5.75 Å². The van der Waals surface area contributed by atoms with Crippen LogP contribution in [-0.2, 0) is 0 Å². The van der Waals surface area contributed by atoms with Crippen molar-refractivity contribution < 1.29 is 13.9 Å². The monoisotopic (exact) mass is 392 g/mol. The van der Waals surface area contributed by atoms with E-state index in [-0.39, 0.29) is 5.91 Å². The largest absolute Gasteiger partial charge is 0.493 e. The molecular weight excluding hydrogens is 368 g/mol. The van der Waals surface area contributed by atoms with Crippen molar-refractivity contribution in [1.82, 2.24) is 14.8 Å². The van der Waals surface area contributed by atoms with E-state index < -0.39 is 0 Å². The van der Waals surface area contributed by atoms with E-state index >= 15 is 0 Å². The van der Waals surface area contributed by atoms with Crippen LogP contribution in [0, 0.1) is 0 Å². The van der Waals surface area contributed by atoms with Crippen LogP contribution in [0.2, 0.25) is 0 Å². The standard InChI is InChI=1S/C22H24N4O3/c1-28-18-6-4-5-16-13-19(29-21(16)18)22(27)26-14-17(15-26)24-9-11-25(12-10-24)20-7-2-3-8-23-20/h2-8,13,17H,9-12,14-15H2,1H3. The van der Waals surface area contributed by atoms with Crippen molar-refractivity contribution in [2.45, 2.75) is 6.04 Å². The molecule has 0 saturated carbocycles. The van der Waals surface area contributed by atoms with E-state index in [0.29, 0.717) is 23.1 Å². The quantitative estimate of drug-likeness (QED) is 0.680. The average Bonchev–Trinajstić information content (AvgIpc) is 3.18. The van der Waals surface area contributed by atoms with E-state index in [9.17, 15) is 4.79 Å². The molecule has 0 atom stereocenters. The predicted octanol–water partition coefficient (Wildman–Crippen LogP) is 2.48. The second-order valence-electron chi connectivity index (χ2n) is 7.56. The molecule has 2 aliphatic heterocycles. The molecule has 3 aromatic rings. The number of likely N-dealkylation sites (tertiary alicyclic amines) is 1. The van der Waals surface area contributed by atoms with Crippen molar-refractivity contribution in [3.63, 3.8) is 0 Å². The molecule has 2 saturated heterocycles. The van der Waals surface area contributed by atoms with Gasteiger partial charge in [0, 0.05) is 56.9 Å². The number of fused-ring (bicyclic) bond motifs is 1. The summed E-state index contributed by atoms with van der Waals surface area (Å²) in [4.78, 5) is 23.9. The van der Waals surface area contributed by atoms with Crippen LogP contribution in [-0.4, -0.2) is 73.1 Å². The number of carbonyl (C=O) groups is 1. The molecule has 0 aliphatic carbocycles.